The Morgan fingerprint density at radius 1 is 1.05 bits per heavy atom. The standard InChI is InChI=1S/C17H34N2O/c1-4-7-9-14-19(15-10-8-5-2)16(20)17(6-3)12-11-13-18-17/h18H,4-15H2,1-3H3. The first-order chi connectivity index (χ1) is 9.70. The van der Waals surface area contributed by atoms with Crippen molar-refractivity contribution in [2.75, 3.05) is 19.6 Å². The Bertz CT molecular complexity index is 262. The Morgan fingerprint density at radius 3 is 2.05 bits per heavy atom. The van der Waals surface area contributed by atoms with E-state index in [0.29, 0.717) is 5.91 Å². The number of nitrogens with one attached hydrogen (secondary N) is 1. The molecule has 0 aromatic heterocycles. The molecule has 0 aromatic carbocycles. The fourth-order valence-corrected chi connectivity index (χ4v) is 3.16. The molecule has 1 aliphatic rings. The molecule has 3 nitrogen and oxygen atoms in total. The summed E-state index contributed by atoms with van der Waals surface area (Å²) in [5.41, 5.74) is -0.252. The van der Waals surface area contributed by atoms with E-state index in [9.17, 15) is 4.79 Å². The minimum atomic E-state index is -0.252. The molecule has 0 bridgehead atoms. The minimum Gasteiger partial charge on any atom is -0.341 e. The zero-order chi connectivity index (χ0) is 14.8. The first kappa shape index (κ1) is 17.5. The summed E-state index contributed by atoms with van der Waals surface area (Å²) in [6.07, 6.45) is 10.3. The number of hydrogen-bond donors (Lipinski definition) is 1. The molecule has 3 heteroatoms. The van der Waals surface area contributed by atoms with Gasteiger partial charge in [-0.2, -0.15) is 0 Å². The number of nitrogens with zero attached hydrogens (tertiary/aromatic N) is 1. The van der Waals surface area contributed by atoms with Crippen molar-refractivity contribution >= 4 is 5.91 Å². The molecule has 0 saturated carbocycles. The molecule has 1 saturated heterocycles. The Morgan fingerprint density at radius 2 is 1.65 bits per heavy atom. The van der Waals surface area contributed by atoms with Crippen LogP contribution >= 0.6 is 0 Å². The number of rotatable bonds is 10. The maximum atomic E-state index is 13.0. The average Bonchev–Trinajstić information content (AvgIpc) is 2.95. The summed E-state index contributed by atoms with van der Waals surface area (Å²) in [5, 5.41) is 3.49. The fraction of sp³-hybridized carbons (Fsp3) is 0.941. The largest absolute Gasteiger partial charge is 0.341 e. The summed E-state index contributed by atoms with van der Waals surface area (Å²) in [6, 6.07) is 0. The predicted octanol–water partition coefficient (Wildman–Crippen LogP) is 3.73. The molecule has 1 heterocycles. The molecule has 118 valence electrons. The highest BCUT2D eigenvalue weighted by molar-refractivity contribution is 5.86. The van der Waals surface area contributed by atoms with Crippen molar-refractivity contribution in [2.24, 2.45) is 0 Å². The van der Waals surface area contributed by atoms with Gasteiger partial charge in [0.05, 0.1) is 5.54 Å². The van der Waals surface area contributed by atoms with Crippen LogP contribution in [0.25, 0.3) is 0 Å². The molecule has 1 aliphatic heterocycles. The summed E-state index contributed by atoms with van der Waals surface area (Å²) in [5.74, 6) is 0.365. The Hall–Kier alpha value is -0.570. The summed E-state index contributed by atoms with van der Waals surface area (Å²) >= 11 is 0. The normalized spacial score (nSPS) is 22.1. The Balaban J connectivity index is 2.61. The monoisotopic (exact) mass is 282 g/mol. The van der Waals surface area contributed by atoms with Crippen molar-refractivity contribution in [3.05, 3.63) is 0 Å². The molecule has 1 N–H and O–H groups in total. The van der Waals surface area contributed by atoms with Crippen LogP contribution in [0.1, 0.15) is 78.6 Å². The molecule has 0 aliphatic carbocycles. The first-order valence-electron chi connectivity index (χ1n) is 8.74. The summed E-state index contributed by atoms with van der Waals surface area (Å²) in [7, 11) is 0. The maximum absolute atomic E-state index is 13.0. The molecule has 1 unspecified atom stereocenters. The van der Waals surface area contributed by atoms with E-state index < -0.39 is 0 Å². The Kier molecular flexibility index (Phi) is 8.20. The maximum Gasteiger partial charge on any atom is 0.242 e. The van der Waals surface area contributed by atoms with E-state index in [4.69, 9.17) is 0 Å². The second kappa shape index (κ2) is 9.38. The van der Waals surface area contributed by atoms with Crippen molar-refractivity contribution in [3.8, 4) is 0 Å². The van der Waals surface area contributed by atoms with Crippen LogP contribution in [-0.4, -0.2) is 36.0 Å². The third-order valence-corrected chi connectivity index (χ3v) is 4.61. The summed E-state index contributed by atoms with van der Waals surface area (Å²) in [4.78, 5) is 15.1. The number of carbonyl (C=O) groups excluding carboxylic acids is 1. The van der Waals surface area contributed by atoms with Gasteiger partial charge in [0.1, 0.15) is 0 Å². The highest BCUT2D eigenvalue weighted by atomic mass is 16.2. The van der Waals surface area contributed by atoms with Gasteiger partial charge in [-0.1, -0.05) is 46.5 Å². The van der Waals surface area contributed by atoms with Crippen LogP contribution in [0.3, 0.4) is 0 Å². The van der Waals surface area contributed by atoms with Crippen LogP contribution < -0.4 is 5.32 Å². The summed E-state index contributed by atoms with van der Waals surface area (Å²) in [6.45, 7) is 9.47. The lowest BCUT2D eigenvalue weighted by atomic mass is 9.92. The van der Waals surface area contributed by atoms with Crippen LogP contribution in [0.2, 0.25) is 0 Å². The van der Waals surface area contributed by atoms with Gasteiger partial charge in [-0.3, -0.25) is 4.79 Å². The third kappa shape index (κ3) is 4.76. The number of hydrogen-bond acceptors (Lipinski definition) is 2. The van der Waals surface area contributed by atoms with E-state index in [-0.39, 0.29) is 5.54 Å². The zero-order valence-corrected chi connectivity index (χ0v) is 13.8. The third-order valence-electron chi connectivity index (χ3n) is 4.61. The summed E-state index contributed by atoms with van der Waals surface area (Å²) < 4.78 is 0. The van der Waals surface area contributed by atoms with Gasteiger partial charge in [0.15, 0.2) is 0 Å². The highest BCUT2D eigenvalue weighted by Crippen LogP contribution is 2.26. The van der Waals surface area contributed by atoms with Crippen molar-refractivity contribution in [1.82, 2.24) is 10.2 Å². The predicted molar refractivity (Wildman–Crippen MR) is 85.9 cm³/mol. The van der Waals surface area contributed by atoms with Gasteiger partial charge in [-0.15, -0.1) is 0 Å². The van der Waals surface area contributed by atoms with Crippen LogP contribution in [0.4, 0.5) is 0 Å². The van der Waals surface area contributed by atoms with Crippen LogP contribution in [0.15, 0.2) is 0 Å². The SMILES string of the molecule is CCCCCN(CCCCC)C(=O)C1(CC)CCCN1. The van der Waals surface area contributed by atoms with Crippen molar-refractivity contribution in [2.45, 2.75) is 84.1 Å². The van der Waals surface area contributed by atoms with Crippen molar-refractivity contribution in [1.29, 1.82) is 0 Å². The van der Waals surface area contributed by atoms with Gasteiger partial charge in [0.2, 0.25) is 5.91 Å². The van der Waals surface area contributed by atoms with Gasteiger partial charge in [-0.05, 0) is 38.6 Å². The van der Waals surface area contributed by atoms with E-state index >= 15 is 0 Å². The number of unbranched alkanes of at least 4 members (excludes halogenated alkanes) is 4. The molecule has 0 aromatic rings. The molecular formula is C17H34N2O. The smallest absolute Gasteiger partial charge is 0.242 e. The molecule has 1 fully saturated rings. The second-order valence-electron chi connectivity index (χ2n) is 6.17. The van der Waals surface area contributed by atoms with E-state index in [0.717, 1.165) is 51.7 Å². The quantitative estimate of drug-likeness (QED) is 0.619. The number of carbonyl (C=O) groups is 1. The first-order valence-corrected chi connectivity index (χ1v) is 8.74. The van der Waals surface area contributed by atoms with Crippen LogP contribution in [0.5, 0.6) is 0 Å². The van der Waals surface area contributed by atoms with E-state index in [2.05, 4.69) is 31.0 Å². The van der Waals surface area contributed by atoms with E-state index in [1.54, 1.807) is 0 Å². The lowest BCUT2D eigenvalue weighted by molar-refractivity contribution is -0.138. The average molecular weight is 282 g/mol. The fourth-order valence-electron chi connectivity index (χ4n) is 3.16. The van der Waals surface area contributed by atoms with Crippen LogP contribution in [-0.2, 0) is 4.79 Å². The lowest BCUT2D eigenvalue weighted by Crippen LogP contribution is -2.55. The van der Waals surface area contributed by atoms with Crippen LogP contribution in [0, 0.1) is 0 Å². The van der Waals surface area contributed by atoms with E-state index in [1.807, 2.05) is 0 Å². The van der Waals surface area contributed by atoms with Crippen molar-refractivity contribution in [3.63, 3.8) is 0 Å². The molecule has 1 amide bonds. The van der Waals surface area contributed by atoms with Gasteiger partial charge in [-0.25, -0.2) is 0 Å². The van der Waals surface area contributed by atoms with E-state index in [1.165, 1.54) is 25.7 Å². The van der Waals surface area contributed by atoms with Gasteiger partial charge < -0.3 is 10.2 Å². The van der Waals surface area contributed by atoms with Gasteiger partial charge in [0, 0.05) is 13.1 Å². The lowest BCUT2D eigenvalue weighted by Gasteiger charge is -2.34. The minimum absolute atomic E-state index is 0.252. The van der Waals surface area contributed by atoms with Crippen molar-refractivity contribution < 1.29 is 4.79 Å². The molecule has 20 heavy (non-hydrogen) atoms. The molecule has 0 spiro atoms. The zero-order valence-electron chi connectivity index (χ0n) is 13.8. The van der Waals surface area contributed by atoms with Gasteiger partial charge in [0.25, 0.3) is 0 Å². The molecule has 0 radical (unpaired) electrons. The molecular weight excluding hydrogens is 248 g/mol. The van der Waals surface area contributed by atoms with Gasteiger partial charge >= 0.3 is 0 Å². The highest BCUT2D eigenvalue weighted by Gasteiger charge is 2.41. The Labute approximate surface area is 125 Å². The second-order valence-corrected chi connectivity index (χ2v) is 6.17. The number of amides is 1. The topological polar surface area (TPSA) is 32.3 Å². The molecule has 1 atom stereocenters. The molecule has 1 rings (SSSR count).